The van der Waals surface area contributed by atoms with Crippen molar-refractivity contribution < 1.29 is 19.1 Å². The van der Waals surface area contributed by atoms with Crippen molar-refractivity contribution in [2.75, 3.05) is 19.7 Å². The Kier molecular flexibility index (Phi) is 4.62. The van der Waals surface area contributed by atoms with E-state index in [-0.39, 0.29) is 42.0 Å². The molecule has 0 saturated carbocycles. The molecular weight excluding hydrogens is 382 g/mol. The number of imide groups is 1. The van der Waals surface area contributed by atoms with Gasteiger partial charge in [0.1, 0.15) is 11.8 Å². The Morgan fingerprint density at radius 2 is 1.96 bits per heavy atom. The van der Waals surface area contributed by atoms with Gasteiger partial charge in [-0.05, 0) is 44.8 Å². The van der Waals surface area contributed by atoms with E-state index in [4.69, 9.17) is 4.74 Å². The minimum absolute atomic E-state index is 0. The molecule has 5 rings (SSSR count). The molecule has 1 unspecified atom stereocenters. The second-order valence-corrected chi connectivity index (χ2v) is 8.14. The number of nitrogens with zero attached hydrogens (tertiary/aromatic N) is 1. The van der Waals surface area contributed by atoms with Crippen molar-refractivity contribution in [1.29, 1.82) is 0 Å². The van der Waals surface area contributed by atoms with Crippen LogP contribution in [0.3, 0.4) is 0 Å². The SMILES string of the molecule is Cc1cc2c(c3c1C(=O)N(C1CCC(=O)NC1=O)C3)OCC21CCNCC1.Cl. The zero-order chi connectivity index (χ0) is 18.8. The quantitative estimate of drug-likeness (QED) is 0.685. The molecular formula is C20H24ClN3O4. The van der Waals surface area contributed by atoms with Crippen LogP contribution < -0.4 is 15.4 Å². The fourth-order valence-corrected chi connectivity index (χ4v) is 5.10. The number of aryl methyl sites for hydroxylation is 1. The molecule has 0 aromatic heterocycles. The first-order chi connectivity index (χ1) is 13.0. The highest BCUT2D eigenvalue weighted by atomic mass is 35.5. The van der Waals surface area contributed by atoms with E-state index in [1.165, 1.54) is 5.56 Å². The summed E-state index contributed by atoms with van der Waals surface area (Å²) in [5, 5.41) is 5.77. The third kappa shape index (κ3) is 2.63. The summed E-state index contributed by atoms with van der Waals surface area (Å²) in [6, 6.07) is 1.53. The van der Waals surface area contributed by atoms with Gasteiger partial charge in [0.25, 0.3) is 5.91 Å². The number of halogens is 1. The van der Waals surface area contributed by atoms with Crippen molar-refractivity contribution in [3.63, 3.8) is 0 Å². The van der Waals surface area contributed by atoms with Gasteiger partial charge in [-0.2, -0.15) is 0 Å². The van der Waals surface area contributed by atoms with Crippen molar-refractivity contribution in [3.05, 3.63) is 28.3 Å². The summed E-state index contributed by atoms with van der Waals surface area (Å²) in [5.41, 5.74) is 3.79. The number of hydrogen-bond donors (Lipinski definition) is 2. The lowest BCUT2D eigenvalue weighted by molar-refractivity contribution is -0.136. The zero-order valence-electron chi connectivity index (χ0n) is 15.8. The fraction of sp³-hybridized carbons (Fsp3) is 0.550. The van der Waals surface area contributed by atoms with Crippen LogP contribution >= 0.6 is 12.4 Å². The lowest BCUT2D eigenvalue weighted by atomic mass is 9.74. The van der Waals surface area contributed by atoms with E-state index < -0.39 is 6.04 Å². The number of piperidine rings is 2. The van der Waals surface area contributed by atoms with Crippen LogP contribution in [0.25, 0.3) is 0 Å². The third-order valence-corrected chi connectivity index (χ3v) is 6.59. The fourth-order valence-electron chi connectivity index (χ4n) is 5.10. The molecule has 2 fully saturated rings. The minimum Gasteiger partial charge on any atom is -0.492 e. The van der Waals surface area contributed by atoms with Gasteiger partial charge < -0.3 is 15.0 Å². The molecule has 1 aromatic rings. The third-order valence-electron chi connectivity index (χ3n) is 6.59. The highest BCUT2D eigenvalue weighted by Crippen LogP contribution is 2.49. The van der Waals surface area contributed by atoms with Gasteiger partial charge in [-0.1, -0.05) is 6.07 Å². The van der Waals surface area contributed by atoms with E-state index in [0.29, 0.717) is 25.1 Å². The molecule has 0 bridgehead atoms. The normalized spacial score (nSPS) is 25.1. The average Bonchev–Trinajstić information content (AvgIpc) is 3.16. The van der Waals surface area contributed by atoms with Crippen LogP contribution in [0, 0.1) is 6.92 Å². The summed E-state index contributed by atoms with van der Waals surface area (Å²) < 4.78 is 6.16. The standard InChI is InChI=1S/C20H23N3O4.ClH/c1-11-8-13-17(27-10-20(13)4-6-21-7-5-20)12-9-23(19(26)16(11)12)14-2-3-15(24)22-18(14)25;/h8,14,21H,2-7,9-10H2,1H3,(H,22,24,25);1H. The monoisotopic (exact) mass is 405 g/mol. The Labute approximate surface area is 169 Å². The number of ether oxygens (including phenoxy) is 1. The van der Waals surface area contributed by atoms with Crippen LogP contribution in [0.2, 0.25) is 0 Å². The largest absolute Gasteiger partial charge is 0.492 e. The first kappa shape index (κ1) is 19.2. The van der Waals surface area contributed by atoms with Crippen molar-refractivity contribution in [2.45, 2.75) is 50.6 Å². The molecule has 1 aromatic carbocycles. The van der Waals surface area contributed by atoms with Crippen molar-refractivity contribution in [1.82, 2.24) is 15.5 Å². The van der Waals surface area contributed by atoms with E-state index in [2.05, 4.69) is 16.7 Å². The molecule has 28 heavy (non-hydrogen) atoms. The molecule has 4 aliphatic rings. The van der Waals surface area contributed by atoms with Gasteiger partial charge in [0.2, 0.25) is 11.8 Å². The van der Waals surface area contributed by atoms with Crippen molar-refractivity contribution in [2.24, 2.45) is 0 Å². The molecule has 150 valence electrons. The molecule has 4 aliphatic heterocycles. The maximum atomic E-state index is 13.1. The summed E-state index contributed by atoms with van der Waals surface area (Å²) >= 11 is 0. The topological polar surface area (TPSA) is 87.7 Å². The number of fused-ring (bicyclic) bond motifs is 4. The Morgan fingerprint density at radius 3 is 2.68 bits per heavy atom. The van der Waals surface area contributed by atoms with Crippen LogP contribution in [0.1, 0.15) is 52.7 Å². The predicted molar refractivity (Wildman–Crippen MR) is 104 cm³/mol. The van der Waals surface area contributed by atoms with Gasteiger partial charge in [0.05, 0.1) is 18.7 Å². The number of carbonyl (C=O) groups excluding carboxylic acids is 3. The maximum absolute atomic E-state index is 13.1. The molecule has 3 amide bonds. The second kappa shape index (κ2) is 6.74. The predicted octanol–water partition coefficient (Wildman–Crippen LogP) is 1.19. The van der Waals surface area contributed by atoms with Gasteiger partial charge in [-0.15, -0.1) is 12.4 Å². The summed E-state index contributed by atoms with van der Waals surface area (Å²) in [5.74, 6) is 0.0708. The first-order valence-electron chi connectivity index (χ1n) is 9.65. The highest BCUT2D eigenvalue weighted by Gasteiger charge is 2.47. The lowest BCUT2D eigenvalue weighted by Gasteiger charge is -2.32. The molecule has 2 N–H and O–H groups in total. The van der Waals surface area contributed by atoms with Gasteiger partial charge in [-0.3, -0.25) is 19.7 Å². The molecule has 4 heterocycles. The Hall–Kier alpha value is -2.12. The van der Waals surface area contributed by atoms with Crippen LogP contribution in [0.15, 0.2) is 6.07 Å². The van der Waals surface area contributed by atoms with E-state index in [1.54, 1.807) is 4.90 Å². The maximum Gasteiger partial charge on any atom is 0.255 e. The average molecular weight is 406 g/mol. The van der Waals surface area contributed by atoms with Crippen LogP contribution in [-0.2, 0) is 21.5 Å². The Bertz CT molecular complexity index is 879. The number of rotatable bonds is 1. The van der Waals surface area contributed by atoms with Gasteiger partial charge >= 0.3 is 0 Å². The Balaban J connectivity index is 0.00000192. The van der Waals surface area contributed by atoms with Gasteiger partial charge in [0, 0.05) is 23.0 Å². The summed E-state index contributed by atoms with van der Waals surface area (Å²) in [7, 11) is 0. The number of hydrogen-bond acceptors (Lipinski definition) is 5. The van der Waals surface area contributed by atoms with E-state index >= 15 is 0 Å². The van der Waals surface area contributed by atoms with E-state index in [0.717, 1.165) is 42.8 Å². The molecule has 0 aliphatic carbocycles. The second-order valence-electron chi connectivity index (χ2n) is 8.14. The minimum atomic E-state index is -0.591. The molecule has 0 radical (unpaired) electrons. The smallest absolute Gasteiger partial charge is 0.255 e. The zero-order valence-corrected chi connectivity index (χ0v) is 16.6. The molecule has 1 atom stereocenters. The highest BCUT2D eigenvalue weighted by molar-refractivity contribution is 6.06. The van der Waals surface area contributed by atoms with Crippen LogP contribution in [0.5, 0.6) is 5.75 Å². The first-order valence-corrected chi connectivity index (χ1v) is 9.65. The molecule has 1 spiro atoms. The molecule has 8 heteroatoms. The molecule has 2 saturated heterocycles. The molecule has 7 nitrogen and oxygen atoms in total. The van der Waals surface area contributed by atoms with Crippen molar-refractivity contribution in [3.8, 4) is 5.75 Å². The number of benzene rings is 1. The van der Waals surface area contributed by atoms with Crippen molar-refractivity contribution >= 4 is 30.1 Å². The van der Waals surface area contributed by atoms with Crippen LogP contribution in [-0.4, -0.2) is 48.4 Å². The van der Waals surface area contributed by atoms with Crippen LogP contribution in [0.4, 0.5) is 0 Å². The van der Waals surface area contributed by atoms with Gasteiger partial charge in [0.15, 0.2) is 0 Å². The van der Waals surface area contributed by atoms with E-state index in [1.807, 2.05) is 6.92 Å². The number of amides is 3. The summed E-state index contributed by atoms with van der Waals surface area (Å²) in [4.78, 5) is 38.5. The summed E-state index contributed by atoms with van der Waals surface area (Å²) in [6.07, 6.45) is 2.70. The Morgan fingerprint density at radius 1 is 1.21 bits per heavy atom. The van der Waals surface area contributed by atoms with E-state index in [9.17, 15) is 14.4 Å². The number of carbonyl (C=O) groups is 3. The number of nitrogens with one attached hydrogen (secondary N) is 2. The van der Waals surface area contributed by atoms with Gasteiger partial charge in [-0.25, -0.2) is 0 Å². The summed E-state index contributed by atoms with van der Waals surface area (Å²) in [6.45, 7) is 4.95. The lowest BCUT2D eigenvalue weighted by Crippen LogP contribution is -2.52.